The van der Waals surface area contributed by atoms with Gasteiger partial charge in [-0.2, -0.15) is 18.3 Å². The van der Waals surface area contributed by atoms with E-state index in [0.717, 1.165) is 30.5 Å². The van der Waals surface area contributed by atoms with Crippen molar-refractivity contribution < 1.29 is 17.9 Å². The van der Waals surface area contributed by atoms with Crippen LogP contribution in [0.3, 0.4) is 0 Å². The van der Waals surface area contributed by atoms with E-state index in [9.17, 15) is 13.2 Å². The van der Waals surface area contributed by atoms with Crippen molar-refractivity contribution in [2.45, 2.75) is 94.6 Å². The third-order valence-corrected chi connectivity index (χ3v) is 8.74. The van der Waals surface area contributed by atoms with Gasteiger partial charge in [0, 0.05) is 29.3 Å². The molecular formula is C26H29F3N6O. The second-order valence-corrected chi connectivity index (χ2v) is 11.5. The van der Waals surface area contributed by atoms with Gasteiger partial charge in [-0.15, -0.1) is 0 Å². The van der Waals surface area contributed by atoms with E-state index in [4.69, 9.17) is 14.7 Å². The molecule has 4 saturated carbocycles. The number of aryl methyl sites for hydroxylation is 1. The summed E-state index contributed by atoms with van der Waals surface area (Å²) < 4.78 is 49.4. The number of hydrogen-bond acceptors (Lipinski definition) is 6. The summed E-state index contributed by atoms with van der Waals surface area (Å²) in [5.41, 5.74) is 2.89. The number of ether oxygens (including phenoxy) is 1. The number of halogens is 3. The van der Waals surface area contributed by atoms with E-state index >= 15 is 0 Å². The quantitative estimate of drug-likeness (QED) is 0.472. The maximum Gasteiger partial charge on any atom is 0.392 e. The minimum atomic E-state index is -4.18. The molecular weight excluding hydrogens is 469 g/mol. The Bertz CT molecular complexity index is 1330. The van der Waals surface area contributed by atoms with Gasteiger partial charge in [0.25, 0.3) is 0 Å². The highest BCUT2D eigenvalue weighted by atomic mass is 19.4. The SMILES string of the molecule is Cc1cnc2c(C34CC(C3)C(C(F)(F)F)C4)nc([C@H]3C[C@@H](C)O[C@H](c4cnn(C5CC5)c4)C3)nc2n1. The van der Waals surface area contributed by atoms with Crippen LogP contribution in [0.1, 0.15) is 92.7 Å². The highest BCUT2D eigenvalue weighted by Gasteiger charge is 2.65. The van der Waals surface area contributed by atoms with Gasteiger partial charge in [-0.3, -0.25) is 4.68 Å². The molecule has 10 heteroatoms. The number of nitrogens with zero attached hydrogens (tertiary/aromatic N) is 6. The Morgan fingerprint density at radius 3 is 2.58 bits per heavy atom. The molecule has 4 aliphatic carbocycles. The molecule has 5 fully saturated rings. The van der Waals surface area contributed by atoms with E-state index in [1.165, 1.54) is 0 Å². The van der Waals surface area contributed by atoms with Crippen LogP contribution in [-0.4, -0.2) is 42.0 Å². The summed E-state index contributed by atoms with van der Waals surface area (Å²) in [5, 5.41) is 4.53. The maximum atomic E-state index is 13.7. The summed E-state index contributed by atoms with van der Waals surface area (Å²) in [4.78, 5) is 19.0. The maximum absolute atomic E-state index is 13.7. The summed E-state index contributed by atoms with van der Waals surface area (Å²) >= 11 is 0. The normalized spacial score (nSPS) is 34.2. The van der Waals surface area contributed by atoms with Crippen LogP contribution < -0.4 is 0 Å². The minimum absolute atomic E-state index is 0.00305. The van der Waals surface area contributed by atoms with E-state index in [0.29, 0.717) is 48.0 Å². The molecule has 3 aromatic rings. The average molecular weight is 499 g/mol. The first kappa shape index (κ1) is 22.6. The zero-order chi connectivity index (χ0) is 24.8. The second kappa shape index (κ2) is 7.69. The molecule has 0 amide bonds. The Morgan fingerprint density at radius 2 is 1.86 bits per heavy atom. The molecule has 0 N–H and O–H groups in total. The van der Waals surface area contributed by atoms with Crippen molar-refractivity contribution in [3.63, 3.8) is 0 Å². The topological polar surface area (TPSA) is 78.6 Å². The lowest BCUT2D eigenvalue weighted by atomic mass is 9.67. The predicted molar refractivity (Wildman–Crippen MR) is 124 cm³/mol. The smallest absolute Gasteiger partial charge is 0.370 e. The molecule has 0 radical (unpaired) electrons. The van der Waals surface area contributed by atoms with Crippen molar-refractivity contribution in [2.75, 3.05) is 0 Å². The van der Waals surface area contributed by atoms with E-state index in [1.54, 1.807) is 6.20 Å². The molecule has 4 heterocycles. The molecule has 1 aliphatic heterocycles. The fourth-order valence-electron chi connectivity index (χ4n) is 6.85. The molecule has 0 spiro atoms. The second-order valence-electron chi connectivity index (χ2n) is 11.5. The van der Waals surface area contributed by atoms with Crippen LogP contribution >= 0.6 is 0 Å². The Hall–Kier alpha value is -2.62. The molecule has 4 atom stereocenters. The van der Waals surface area contributed by atoms with E-state index < -0.39 is 17.5 Å². The highest BCUT2D eigenvalue weighted by Crippen LogP contribution is 2.66. The van der Waals surface area contributed by atoms with E-state index in [2.05, 4.69) is 28.2 Å². The van der Waals surface area contributed by atoms with Gasteiger partial charge >= 0.3 is 6.18 Å². The Labute approximate surface area is 206 Å². The predicted octanol–water partition coefficient (Wildman–Crippen LogP) is 5.51. The monoisotopic (exact) mass is 498 g/mol. The van der Waals surface area contributed by atoms with Crippen LogP contribution in [0.2, 0.25) is 0 Å². The van der Waals surface area contributed by atoms with Gasteiger partial charge in [-0.1, -0.05) is 0 Å². The molecule has 1 saturated heterocycles. The van der Waals surface area contributed by atoms with Gasteiger partial charge < -0.3 is 4.74 Å². The van der Waals surface area contributed by atoms with Crippen molar-refractivity contribution in [3.05, 3.63) is 41.4 Å². The van der Waals surface area contributed by atoms with Crippen LogP contribution in [0.15, 0.2) is 18.6 Å². The average Bonchev–Trinajstić information content (AvgIpc) is 3.24. The van der Waals surface area contributed by atoms with Crippen molar-refractivity contribution in [1.29, 1.82) is 0 Å². The number of alkyl halides is 3. The number of fused-ring (bicyclic) bond motifs is 2. The molecule has 8 rings (SSSR count). The van der Waals surface area contributed by atoms with E-state index in [-0.39, 0.29) is 30.5 Å². The molecule has 7 nitrogen and oxygen atoms in total. The summed E-state index contributed by atoms with van der Waals surface area (Å²) in [6, 6.07) is 0.501. The van der Waals surface area contributed by atoms with E-state index in [1.807, 2.05) is 17.8 Å². The van der Waals surface area contributed by atoms with Crippen LogP contribution in [0.5, 0.6) is 0 Å². The summed E-state index contributed by atoms with van der Waals surface area (Å²) in [5.74, 6) is -0.923. The lowest BCUT2D eigenvalue weighted by Crippen LogP contribution is -2.35. The standard InChI is InChI=1S/C26H29F3N6O/c1-13-10-30-21-22(25-7-16(8-25)19(9-25)26(27,28)29)33-23(34-24(21)32-13)15-5-14(2)36-20(6-15)17-11-31-35(12-17)18-3-4-18/h10-12,14-16,18-20H,3-9H2,1-2H3/t14-,15+,16?,19?,20+,25?/m1/s1. The largest absolute Gasteiger partial charge is 0.392 e. The molecule has 3 aromatic heterocycles. The van der Waals surface area contributed by atoms with Gasteiger partial charge in [0.2, 0.25) is 0 Å². The van der Waals surface area contributed by atoms with Crippen molar-refractivity contribution >= 4 is 11.2 Å². The first-order chi connectivity index (χ1) is 17.2. The molecule has 190 valence electrons. The Balaban J connectivity index is 1.25. The van der Waals surface area contributed by atoms with Gasteiger partial charge in [-0.05, 0) is 64.7 Å². The van der Waals surface area contributed by atoms with Gasteiger partial charge in [0.1, 0.15) is 11.3 Å². The molecule has 1 unspecified atom stereocenters. The van der Waals surface area contributed by atoms with Crippen LogP contribution in [0.4, 0.5) is 13.2 Å². The first-order valence-corrected chi connectivity index (χ1v) is 13.0. The van der Waals surface area contributed by atoms with Crippen LogP contribution in [-0.2, 0) is 10.2 Å². The number of rotatable bonds is 4. The summed E-state index contributed by atoms with van der Waals surface area (Å²) in [7, 11) is 0. The van der Waals surface area contributed by atoms with Gasteiger partial charge in [0.15, 0.2) is 5.65 Å². The van der Waals surface area contributed by atoms with Crippen LogP contribution in [0.25, 0.3) is 11.2 Å². The summed E-state index contributed by atoms with van der Waals surface area (Å²) in [6.45, 7) is 3.90. The van der Waals surface area contributed by atoms with Crippen molar-refractivity contribution in [3.8, 4) is 0 Å². The van der Waals surface area contributed by atoms with Crippen LogP contribution in [0, 0.1) is 18.8 Å². The fourth-order valence-corrected chi connectivity index (χ4v) is 6.85. The van der Waals surface area contributed by atoms with Crippen molar-refractivity contribution in [1.82, 2.24) is 29.7 Å². The third-order valence-electron chi connectivity index (χ3n) is 8.74. The zero-order valence-electron chi connectivity index (χ0n) is 20.4. The number of hydrogen-bond donors (Lipinski definition) is 0. The lowest BCUT2D eigenvalue weighted by molar-refractivity contribution is -0.180. The lowest BCUT2D eigenvalue weighted by Gasteiger charge is -2.39. The minimum Gasteiger partial charge on any atom is -0.370 e. The molecule has 5 aliphatic rings. The number of aromatic nitrogens is 6. The zero-order valence-corrected chi connectivity index (χ0v) is 20.4. The van der Waals surface area contributed by atoms with Crippen molar-refractivity contribution in [2.24, 2.45) is 11.8 Å². The molecule has 2 bridgehead atoms. The van der Waals surface area contributed by atoms with Gasteiger partial charge in [-0.25, -0.2) is 19.9 Å². The Morgan fingerprint density at radius 1 is 1.06 bits per heavy atom. The fraction of sp³-hybridized carbons (Fsp3) is 0.654. The Kier molecular flexibility index (Phi) is 4.82. The third kappa shape index (κ3) is 3.63. The molecule has 0 aromatic carbocycles. The highest BCUT2D eigenvalue weighted by molar-refractivity contribution is 5.74. The van der Waals surface area contributed by atoms with Gasteiger partial charge in [0.05, 0.1) is 41.8 Å². The molecule has 36 heavy (non-hydrogen) atoms. The summed E-state index contributed by atoms with van der Waals surface area (Å²) in [6.07, 6.45) is 6.20. The first-order valence-electron chi connectivity index (χ1n) is 13.0.